The fourth-order valence-electron chi connectivity index (χ4n) is 4.21. The number of amides is 1. The number of β-amino-alcohol motifs (C(OH)–C–C–N with tert-alkyl or cyclic N) is 1. The van der Waals surface area contributed by atoms with Crippen LogP contribution in [0.3, 0.4) is 0 Å². The van der Waals surface area contributed by atoms with Crippen LogP contribution < -0.4 is 4.74 Å². The number of carbonyl (C=O) groups excluding carboxylic acids is 1. The van der Waals surface area contributed by atoms with Crippen molar-refractivity contribution < 1.29 is 14.6 Å². The van der Waals surface area contributed by atoms with Crippen LogP contribution in [0.1, 0.15) is 24.0 Å². The number of ether oxygens (including phenoxy) is 1. The molecule has 0 saturated carbocycles. The van der Waals surface area contributed by atoms with Crippen molar-refractivity contribution in [2.45, 2.75) is 44.4 Å². The maximum absolute atomic E-state index is 12.6. The quantitative estimate of drug-likeness (QED) is 0.839. The number of aliphatic hydroxyl groups excluding tert-OH is 1. The van der Waals surface area contributed by atoms with Gasteiger partial charge < -0.3 is 14.7 Å². The number of para-hydroxylation sites is 1. The number of hydrogen-bond acceptors (Lipinski definition) is 5. The summed E-state index contributed by atoms with van der Waals surface area (Å²) in [6.45, 7) is 4.91. The molecular formula is C22H28N2O3S. The zero-order valence-electron chi connectivity index (χ0n) is 16.3. The number of thiophene rings is 1. The van der Waals surface area contributed by atoms with E-state index < -0.39 is 6.10 Å². The van der Waals surface area contributed by atoms with Crippen LogP contribution >= 0.6 is 11.3 Å². The molecule has 2 saturated heterocycles. The van der Waals surface area contributed by atoms with Gasteiger partial charge in [0.25, 0.3) is 0 Å². The number of likely N-dealkylation sites (tertiary alicyclic amines) is 2. The number of hydrogen-bond donors (Lipinski definition) is 1. The Morgan fingerprint density at radius 1 is 1.21 bits per heavy atom. The lowest BCUT2D eigenvalue weighted by Crippen LogP contribution is -2.49. The molecule has 1 amide bonds. The SMILES string of the molecule is Cc1ccccc1OC1CCN([C@H]2CN(C(=O)Cc3ccsc3)C[C@@H]2O)CC1. The lowest BCUT2D eigenvalue weighted by atomic mass is 10.0. The summed E-state index contributed by atoms with van der Waals surface area (Å²) in [6.07, 6.45) is 2.06. The third-order valence-corrected chi connectivity index (χ3v) is 6.61. The average Bonchev–Trinajstić information content (AvgIpc) is 3.34. The third-order valence-electron chi connectivity index (χ3n) is 5.88. The van der Waals surface area contributed by atoms with Crippen LogP contribution in [-0.2, 0) is 11.2 Å². The van der Waals surface area contributed by atoms with Crippen molar-refractivity contribution in [2.24, 2.45) is 0 Å². The molecule has 2 aliphatic rings. The fraction of sp³-hybridized carbons (Fsp3) is 0.500. The summed E-state index contributed by atoms with van der Waals surface area (Å²) in [4.78, 5) is 16.7. The second-order valence-corrected chi connectivity index (χ2v) is 8.64. The summed E-state index contributed by atoms with van der Waals surface area (Å²) in [7, 11) is 0. The highest BCUT2D eigenvalue weighted by Gasteiger charge is 2.39. The van der Waals surface area contributed by atoms with E-state index in [2.05, 4.69) is 17.9 Å². The molecule has 4 rings (SSSR count). The molecule has 2 atom stereocenters. The van der Waals surface area contributed by atoms with E-state index in [1.807, 2.05) is 39.9 Å². The number of piperidine rings is 1. The topological polar surface area (TPSA) is 53.0 Å². The monoisotopic (exact) mass is 400 g/mol. The van der Waals surface area contributed by atoms with E-state index in [-0.39, 0.29) is 18.1 Å². The first-order chi connectivity index (χ1) is 13.6. The average molecular weight is 401 g/mol. The molecule has 1 aromatic carbocycles. The van der Waals surface area contributed by atoms with Gasteiger partial charge in [0.05, 0.1) is 18.6 Å². The molecule has 6 heteroatoms. The van der Waals surface area contributed by atoms with Gasteiger partial charge in [-0.1, -0.05) is 18.2 Å². The number of aliphatic hydroxyl groups is 1. The molecule has 1 aromatic heterocycles. The predicted octanol–water partition coefficient (Wildman–Crippen LogP) is 2.71. The van der Waals surface area contributed by atoms with Crippen molar-refractivity contribution in [3.63, 3.8) is 0 Å². The molecule has 0 radical (unpaired) electrons. The van der Waals surface area contributed by atoms with Crippen LogP contribution in [0.25, 0.3) is 0 Å². The largest absolute Gasteiger partial charge is 0.490 e. The minimum atomic E-state index is -0.472. The van der Waals surface area contributed by atoms with Gasteiger partial charge in [0.1, 0.15) is 11.9 Å². The Bertz CT molecular complexity index is 787. The van der Waals surface area contributed by atoms with Gasteiger partial charge >= 0.3 is 0 Å². The van der Waals surface area contributed by atoms with E-state index in [0.717, 1.165) is 42.8 Å². The van der Waals surface area contributed by atoms with Crippen molar-refractivity contribution in [3.8, 4) is 5.75 Å². The standard InChI is InChI=1S/C22H28N2O3S/c1-16-4-2-3-5-21(16)27-18-6-9-23(10-7-18)19-13-24(14-20(19)25)22(26)12-17-8-11-28-15-17/h2-5,8,11,15,18-20,25H,6-7,9-10,12-14H2,1H3/t19-,20-/m0/s1. The first kappa shape index (κ1) is 19.4. The van der Waals surface area contributed by atoms with Gasteiger partial charge in [0.15, 0.2) is 0 Å². The van der Waals surface area contributed by atoms with Crippen LogP contribution in [0.5, 0.6) is 5.75 Å². The molecule has 0 spiro atoms. The van der Waals surface area contributed by atoms with E-state index in [9.17, 15) is 9.90 Å². The number of rotatable bonds is 5. The molecule has 2 aliphatic heterocycles. The van der Waals surface area contributed by atoms with E-state index in [4.69, 9.17) is 4.74 Å². The maximum Gasteiger partial charge on any atom is 0.227 e. The minimum Gasteiger partial charge on any atom is -0.490 e. The molecule has 0 bridgehead atoms. The number of benzene rings is 1. The molecule has 0 aliphatic carbocycles. The van der Waals surface area contributed by atoms with Crippen molar-refractivity contribution in [3.05, 3.63) is 52.2 Å². The maximum atomic E-state index is 12.6. The molecule has 1 N–H and O–H groups in total. The van der Waals surface area contributed by atoms with Gasteiger partial charge in [-0.05, 0) is 53.8 Å². The van der Waals surface area contributed by atoms with Gasteiger partial charge in [0.2, 0.25) is 5.91 Å². The van der Waals surface area contributed by atoms with Gasteiger partial charge in [-0.25, -0.2) is 0 Å². The summed E-state index contributed by atoms with van der Waals surface area (Å²) in [5.41, 5.74) is 2.22. The summed E-state index contributed by atoms with van der Waals surface area (Å²) in [5, 5.41) is 14.6. The number of nitrogens with zero attached hydrogens (tertiary/aromatic N) is 2. The molecule has 0 unspecified atom stereocenters. The van der Waals surface area contributed by atoms with Crippen molar-refractivity contribution in [2.75, 3.05) is 26.2 Å². The summed E-state index contributed by atoms with van der Waals surface area (Å²) >= 11 is 1.61. The van der Waals surface area contributed by atoms with Crippen molar-refractivity contribution in [1.82, 2.24) is 9.80 Å². The van der Waals surface area contributed by atoms with Crippen LogP contribution in [0.2, 0.25) is 0 Å². The predicted molar refractivity (Wildman–Crippen MR) is 111 cm³/mol. The number of aryl methyl sites for hydroxylation is 1. The second kappa shape index (κ2) is 8.64. The first-order valence-electron chi connectivity index (χ1n) is 10.0. The smallest absolute Gasteiger partial charge is 0.227 e. The highest BCUT2D eigenvalue weighted by atomic mass is 32.1. The Kier molecular flexibility index (Phi) is 5.99. The Balaban J connectivity index is 1.28. The van der Waals surface area contributed by atoms with E-state index in [0.29, 0.717) is 19.5 Å². The van der Waals surface area contributed by atoms with Crippen LogP contribution in [0.15, 0.2) is 41.1 Å². The summed E-state index contributed by atoms with van der Waals surface area (Å²) < 4.78 is 6.19. The van der Waals surface area contributed by atoms with E-state index in [1.165, 1.54) is 0 Å². The first-order valence-corrected chi connectivity index (χ1v) is 11.0. The van der Waals surface area contributed by atoms with E-state index >= 15 is 0 Å². The summed E-state index contributed by atoms with van der Waals surface area (Å²) in [5.74, 6) is 1.07. The van der Waals surface area contributed by atoms with Gasteiger partial charge in [-0.2, -0.15) is 11.3 Å². The molecule has 150 valence electrons. The summed E-state index contributed by atoms with van der Waals surface area (Å²) in [6, 6.07) is 10.2. The van der Waals surface area contributed by atoms with Crippen LogP contribution in [0, 0.1) is 6.92 Å². The van der Waals surface area contributed by atoms with Crippen molar-refractivity contribution in [1.29, 1.82) is 0 Å². The molecular weight excluding hydrogens is 372 g/mol. The Morgan fingerprint density at radius 2 is 2.00 bits per heavy atom. The molecule has 5 nitrogen and oxygen atoms in total. The van der Waals surface area contributed by atoms with E-state index in [1.54, 1.807) is 11.3 Å². The molecule has 2 aromatic rings. The number of carbonyl (C=O) groups is 1. The van der Waals surface area contributed by atoms with Crippen LogP contribution in [0.4, 0.5) is 0 Å². The zero-order valence-corrected chi connectivity index (χ0v) is 17.1. The molecule has 3 heterocycles. The van der Waals surface area contributed by atoms with Gasteiger partial charge in [-0.15, -0.1) is 0 Å². The normalized spacial score (nSPS) is 23.9. The van der Waals surface area contributed by atoms with Gasteiger partial charge in [-0.3, -0.25) is 9.69 Å². The lowest BCUT2D eigenvalue weighted by molar-refractivity contribution is -0.129. The zero-order chi connectivity index (χ0) is 19.5. The van der Waals surface area contributed by atoms with Crippen molar-refractivity contribution >= 4 is 17.2 Å². The molecule has 2 fully saturated rings. The minimum absolute atomic E-state index is 0.0332. The second-order valence-electron chi connectivity index (χ2n) is 7.86. The highest BCUT2D eigenvalue weighted by Crippen LogP contribution is 2.25. The molecule has 28 heavy (non-hydrogen) atoms. The Hall–Kier alpha value is -1.89. The lowest BCUT2D eigenvalue weighted by Gasteiger charge is -2.37. The highest BCUT2D eigenvalue weighted by molar-refractivity contribution is 7.08. The Morgan fingerprint density at radius 3 is 2.71 bits per heavy atom. The van der Waals surface area contributed by atoms with Crippen LogP contribution in [-0.4, -0.2) is 65.2 Å². The van der Waals surface area contributed by atoms with Gasteiger partial charge in [0, 0.05) is 26.2 Å². The third kappa shape index (κ3) is 4.40. The Labute approximate surface area is 170 Å². The fourth-order valence-corrected chi connectivity index (χ4v) is 4.87.